The number of aliphatic hydroxyl groups is 1. The van der Waals surface area contributed by atoms with Gasteiger partial charge in [0.1, 0.15) is 0 Å². The van der Waals surface area contributed by atoms with Gasteiger partial charge in [-0.05, 0) is 12.5 Å². The second-order valence-electron chi connectivity index (χ2n) is 4.53. The zero-order valence-corrected chi connectivity index (χ0v) is 12.2. The predicted molar refractivity (Wildman–Crippen MR) is 79.1 cm³/mol. The van der Waals surface area contributed by atoms with Crippen LogP contribution in [0.1, 0.15) is 23.2 Å². The first-order chi connectivity index (χ1) is 9.74. The Morgan fingerprint density at radius 1 is 1.45 bits per heavy atom. The van der Waals surface area contributed by atoms with Crippen molar-refractivity contribution in [1.29, 1.82) is 5.26 Å². The smallest absolute Gasteiger partial charge is 0.168 e. The minimum absolute atomic E-state index is 0.0521. The van der Waals surface area contributed by atoms with Crippen LogP contribution >= 0.6 is 11.8 Å². The normalized spacial score (nSPS) is 10.4. The lowest BCUT2D eigenvalue weighted by molar-refractivity contribution is 0.269. The number of imidazole rings is 1. The third kappa shape index (κ3) is 3.62. The molecule has 0 bridgehead atoms. The molecule has 1 heterocycles. The molecule has 0 radical (unpaired) electrons. The van der Waals surface area contributed by atoms with E-state index < -0.39 is 0 Å². The lowest BCUT2D eigenvalue weighted by atomic mass is 10.2. The van der Waals surface area contributed by atoms with Crippen LogP contribution in [0.15, 0.2) is 35.6 Å². The van der Waals surface area contributed by atoms with Crippen LogP contribution in [0.3, 0.4) is 0 Å². The number of hydrogen-bond acceptors (Lipinski definition) is 4. The van der Waals surface area contributed by atoms with Gasteiger partial charge in [-0.2, -0.15) is 5.26 Å². The SMILES string of the molecule is Cc1cccc(CSc2ncc(CO)n2CCC#N)c1. The summed E-state index contributed by atoms with van der Waals surface area (Å²) in [6.45, 7) is 2.60. The molecule has 0 amide bonds. The molecule has 1 aromatic heterocycles. The Labute approximate surface area is 123 Å². The molecule has 0 spiro atoms. The van der Waals surface area contributed by atoms with E-state index in [0.29, 0.717) is 13.0 Å². The Bertz CT molecular complexity index is 616. The lowest BCUT2D eigenvalue weighted by Crippen LogP contribution is -2.04. The molecule has 104 valence electrons. The number of hydrogen-bond donors (Lipinski definition) is 1. The minimum atomic E-state index is -0.0521. The molecule has 0 saturated carbocycles. The first-order valence-electron chi connectivity index (χ1n) is 6.45. The van der Waals surface area contributed by atoms with E-state index in [4.69, 9.17) is 5.26 Å². The first-order valence-corrected chi connectivity index (χ1v) is 7.43. The summed E-state index contributed by atoms with van der Waals surface area (Å²) in [5, 5.41) is 18.9. The first kappa shape index (κ1) is 14.6. The van der Waals surface area contributed by atoms with Crippen molar-refractivity contribution in [3.05, 3.63) is 47.3 Å². The molecule has 0 fully saturated rings. The number of aryl methyl sites for hydroxylation is 1. The highest BCUT2D eigenvalue weighted by Crippen LogP contribution is 2.23. The fourth-order valence-electron chi connectivity index (χ4n) is 1.98. The van der Waals surface area contributed by atoms with Crippen LogP contribution in [-0.4, -0.2) is 14.7 Å². The number of benzene rings is 1. The Balaban J connectivity index is 2.09. The maximum atomic E-state index is 9.30. The van der Waals surface area contributed by atoms with Gasteiger partial charge in [0.25, 0.3) is 0 Å². The van der Waals surface area contributed by atoms with E-state index in [0.717, 1.165) is 16.6 Å². The summed E-state index contributed by atoms with van der Waals surface area (Å²) in [5.41, 5.74) is 3.24. The molecule has 2 aromatic rings. The Hall–Kier alpha value is -1.77. The molecule has 0 aliphatic carbocycles. The van der Waals surface area contributed by atoms with E-state index in [2.05, 4.69) is 36.2 Å². The number of nitriles is 1. The number of thioether (sulfide) groups is 1. The monoisotopic (exact) mass is 287 g/mol. The average Bonchev–Trinajstić information content (AvgIpc) is 2.85. The zero-order chi connectivity index (χ0) is 14.4. The summed E-state index contributed by atoms with van der Waals surface area (Å²) in [4.78, 5) is 4.33. The summed E-state index contributed by atoms with van der Waals surface area (Å²) in [7, 11) is 0. The highest BCUT2D eigenvalue weighted by atomic mass is 32.2. The molecule has 4 nitrogen and oxygen atoms in total. The van der Waals surface area contributed by atoms with E-state index in [1.165, 1.54) is 11.1 Å². The standard InChI is InChI=1S/C15H17N3OS/c1-12-4-2-5-13(8-12)11-20-15-17-9-14(10-19)18(15)7-3-6-16/h2,4-5,8-9,19H,3,7,10-11H2,1H3. The van der Waals surface area contributed by atoms with E-state index in [-0.39, 0.29) is 6.61 Å². The van der Waals surface area contributed by atoms with Gasteiger partial charge in [0.05, 0.1) is 31.0 Å². The van der Waals surface area contributed by atoms with Crippen molar-refractivity contribution in [2.24, 2.45) is 0 Å². The number of rotatable bonds is 6. The molecule has 20 heavy (non-hydrogen) atoms. The van der Waals surface area contributed by atoms with Gasteiger partial charge in [-0.25, -0.2) is 4.98 Å². The predicted octanol–water partition coefficient (Wildman–Crippen LogP) is 2.89. The molecule has 0 aliphatic rings. The molecular weight excluding hydrogens is 270 g/mol. The van der Waals surface area contributed by atoms with Gasteiger partial charge in [-0.3, -0.25) is 0 Å². The summed E-state index contributed by atoms with van der Waals surface area (Å²) in [5.74, 6) is 0.829. The number of nitrogens with zero attached hydrogens (tertiary/aromatic N) is 3. The summed E-state index contributed by atoms with van der Waals surface area (Å²) < 4.78 is 1.92. The molecule has 1 N–H and O–H groups in total. The fourth-order valence-corrected chi connectivity index (χ4v) is 2.95. The van der Waals surface area contributed by atoms with Crippen LogP contribution < -0.4 is 0 Å². The molecule has 1 aromatic carbocycles. The van der Waals surface area contributed by atoms with Gasteiger partial charge in [-0.1, -0.05) is 41.6 Å². The third-order valence-electron chi connectivity index (χ3n) is 2.96. The van der Waals surface area contributed by atoms with Crippen molar-refractivity contribution in [1.82, 2.24) is 9.55 Å². The molecule has 0 unspecified atom stereocenters. The van der Waals surface area contributed by atoms with E-state index >= 15 is 0 Å². The Kier molecular flexibility index (Phi) is 5.22. The van der Waals surface area contributed by atoms with E-state index in [1.54, 1.807) is 18.0 Å². The highest BCUT2D eigenvalue weighted by molar-refractivity contribution is 7.98. The van der Waals surface area contributed by atoms with Gasteiger partial charge in [0, 0.05) is 12.3 Å². The maximum Gasteiger partial charge on any atom is 0.168 e. The summed E-state index contributed by atoms with van der Waals surface area (Å²) >= 11 is 1.63. The quantitative estimate of drug-likeness (QED) is 0.830. The summed E-state index contributed by atoms with van der Waals surface area (Å²) in [6.07, 6.45) is 2.09. The van der Waals surface area contributed by atoms with Crippen LogP contribution in [0.4, 0.5) is 0 Å². The van der Waals surface area contributed by atoms with Crippen LogP contribution in [-0.2, 0) is 18.9 Å². The topological polar surface area (TPSA) is 61.8 Å². The minimum Gasteiger partial charge on any atom is -0.390 e. The Morgan fingerprint density at radius 2 is 2.30 bits per heavy atom. The van der Waals surface area contributed by atoms with Crippen molar-refractivity contribution in [3.63, 3.8) is 0 Å². The van der Waals surface area contributed by atoms with Crippen LogP contribution in [0.25, 0.3) is 0 Å². The van der Waals surface area contributed by atoms with E-state index in [9.17, 15) is 5.11 Å². The molecule has 5 heteroatoms. The van der Waals surface area contributed by atoms with Crippen LogP contribution in [0.2, 0.25) is 0 Å². The van der Waals surface area contributed by atoms with Crippen molar-refractivity contribution in [2.45, 2.75) is 37.4 Å². The zero-order valence-electron chi connectivity index (χ0n) is 11.4. The molecular formula is C15H17N3OS. The number of aromatic nitrogens is 2. The molecule has 2 rings (SSSR count). The lowest BCUT2D eigenvalue weighted by Gasteiger charge is -2.08. The van der Waals surface area contributed by atoms with Gasteiger partial charge in [0.2, 0.25) is 0 Å². The molecule has 0 aliphatic heterocycles. The fraction of sp³-hybridized carbons (Fsp3) is 0.333. The third-order valence-corrected chi connectivity index (χ3v) is 4.02. The summed E-state index contributed by atoms with van der Waals surface area (Å²) in [6, 6.07) is 10.5. The second kappa shape index (κ2) is 7.13. The van der Waals surface area contributed by atoms with E-state index in [1.807, 2.05) is 10.6 Å². The van der Waals surface area contributed by atoms with Gasteiger partial charge >= 0.3 is 0 Å². The van der Waals surface area contributed by atoms with Gasteiger partial charge in [0.15, 0.2) is 5.16 Å². The maximum absolute atomic E-state index is 9.30. The van der Waals surface area contributed by atoms with Crippen molar-refractivity contribution in [3.8, 4) is 6.07 Å². The largest absolute Gasteiger partial charge is 0.390 e. The van der Waals surface area contributed by atoms with Crippen molar-refractivity contribution >= 4 is 11.8 Å². The van der Waals surface area contributed by atoms with Crippen LogP contribution in [0.5, 0.6) is 0 Å². The molecule has 0 atom stereocenters. The Morgan fingerprint density at radius 3 is 3.00 bits per heavy atom. The van der Waals surface area contributed by atoms with Crippen molar-refractivity contribution in [2.75, 3.05) is 0 Å². The van der Waals surface area contributed by atoms with Crippen molar-refractivity contribution < 1.29 is 5.11 Å². The number of aliphatic hydroxyl groups excluding tert-OH is 1. The highest BCUT2D eigenvalue weighted by Gasteiger charge is 2.09. The van der Waals surface area contributed by atoms with Gasteiger partial charge in [-0.15, -0.1) is 0 Å². The second-order valence-corrected chi connectivity index (χ2v) is 5.47. The van der Waals surface area contributed by atoms with Gasteiger partial charge < -0.3 is 9.67 Å². The van der Waals surface area contributed by atoms with Crippen LogP contribution in [0, 0.1) is 18.3 Å². The average molecular weight is 287 g/mol. The molecule has 0 saturated heterocycles.